The van der Waals surface area contributed by atoms with Crippen molar-refractivity contribution in [1.29, 1.82) is 0 Å². The number of halogens is 1. The fourth-order valence-corrected chi connectivity index (χ4v) is 3.96. The zero-order valence-electron chi connectivity index (χ0n) is 10.9. The first-order chi connectivity index (χ1) is 9.25. The van der Waals surface area contributed by atoms with Crippen LogP contribution in [0.5, 0.6) is 0 Å². The molecule has 3 nitrogen and oxygen atoms in total. The second-order valence-corrected chi connectivity index (χ2v) is 6.67. The Morgan fingerprint density at radius 1 is 1.32 bits per heavy atom. The Bertz CT molecular complexity index is 560. The monoisotopic (exact) mass is 370 g/mol. The molecular weight excluding hydrogens is 351 g/mol. The maximum atomic E-state index is 10.6. The van der Waals surface area contributed by atoms with Gasteiger partial charge in [-0.25, -0.2) is 4.98 Å². The van der Waals surface area contributed by atoms with E-state index in [9.17, 15) is 5.11 Å². The predicted octanol–water partition coefficient (Wildman–Crippen LogP) is 3.94. The molecule has 0 amide bonds. The van der Waals surface area contributed by atoms with E-state index in [0.717, 1.165) is 21.2 Å². The third-order valence-electron chi connectivity index (χ3n) is 4.17. The van der Waals surface area contributed by atoms with Crippen LogP contribution >= 0.6 is 22.6 Å². The van der Waals surface area contributed by atoms with Gasteiger partial charge in [0.2, 0.25) is 0 Å². The highest BCUT2D eigenvalue weighted by atomic mass is 127. The van der Waals surface area contributed by atoms with E-state index in [2.05, 4.69) is 33.6 Å². The fraction of sp³-hybridized carbons (Fsp3) is 0.533. The first-order valence-electron chi connectivity index (χ1n) is 7.04. The number of hydrogen-bond donors (Lipinski definition) is 1. The Hall–Kier alpha value is -0.620. The van der Waals surface area contributed by atoms with Crippen molar-refractivity contribution < 1.29 is 5.11 Å². The molecule has 3 rings (SSSR count). The van der Waals surface area contributed by atoms with Gasteiger partial charge >= 0.3 is 0 Å². The molecule has 2 aromatic heterocycles. The standard InChI is InChI=1S/C15H19IN2O/c16-13-7-6-12-9-17-10-18(12)15(13)14(19)8-11-4-2-1-3-5-11/h6-7,9-11,14,19H,1-5,8H2/t14-/m1/s1. The van der Waals surface area contributed by atoms with Crippen molar-refractivity contribution in [2.75, 3.05) is 0 Å². The second-order valence-electron chi connectivity index (χ2n) is 5.51. The van der Waals surface area contributed by atoms with Crippen LogP contribution in [0.4, 0.5) is 0 Å². The number of aromatic nitrogens is 2. The summed E-state index contributed by atoms with van der Waals surface area (Å²) in [6.45, 7) is 0. The summed E-state index contributed by atoms with van der Waals surface area (Å²) in [5.41, 5.74) is 2.05. The quantitative estimate of drug-likeness (QED) is 0.831. The van der Waals surface area contributed by atoms with E-state index in [0.29, 0.717) is 5.92 Å². The van der Waals surface area contributed by atoms with Crippen molar-refractivity contribution in [2.45, 2.75) is 44.6 Å². The summed E-state index contributed by atoms with van der Waals surface area (Å²) in [6, 6.07) is 4.11. The maximum absolute atomic E-state index is 10.6. The summed E-state index contributed by atoms with van der Waals surface area (Å²) < 4.78 is 3.14. The van der Waals surface area contributed by atoms with Crippen molar-refractivity contribution in [1.82, 2.24) is 9.38 Å². The van der Waals surface area contributed by atoms with Crippen LogP contribution in [0.25, 0.3) is 5.52 Å². The Labute approximate surface area is 127 Å². The first-order valence-corrected chi connectivity index (χ1v) is 8.12. The molecule has 19 heavy (non-hydrogen) atoms. The topological polar surface area (TPSA) is 37.5 Å². The molecule has 2 aromatic rings. The number of imidazole rings is 1. The Kier molecular flexibility index (Phi) is 4.07. The molecule has 0 radical (unpaired) electrons. The smallest absolute Gasteiger partial charge is 0.0995 e. The zero-order valence-corrected chi connectivity index (χ0v) is 13.1. The molecule has 0 unspecified atom stereocenters. The molecule has 0 saturated heterocycles. The molecule has 1 atom stereocenters. The number of hydrogen-bond acceptors (Lipinski definition) is 2. The Morgan fingerprint density at radius 3 is 2.89 bits per heavy atom. The van der Waals surface area contributed by atoms with E-state index < -0.39 is 0 Å². The molecule has 0 aromatic carbocycles. The predicted molar refractivity (Wildman–Crippen MR) is 84.1 cm³/mol. The molecule has 1 N–H and O–H groups in total. The normalized spacial score (nSPS) is 18.8. The van der Waals surface area contributed by atoms with Gasteiger partial charge in [-0.1, -0.05) is 32.1 Å². The summed E-state index contributed by atoms with van der Waals surface area (Å²) in [7, 11) is 0. The zero-order chi connectivity index (χ0) is 13.2. The van der Waals surface area contributed by atoms with E-state index in [1.807, 2.05) is 16.7 Å². The summed E-state index contributed by atoms with van der Waals surface area (Å²) in [4.78, 5) is 4.18. The Morgan fingerprint density at radius 2 is 2.11 bits per heavy atom. The van der Waals surface area contributed by atoms with Gasteiger partial charge in [-0.05, 0) is 47.1 Å². The van der Waals surface area contributed by atoms with Crippen LogP contribution in [0, 0.1) is 9.49 Å². The lowest BCUT2D eigenvalue weighted by atomic mass is 9.85. The van der Waals surface area contributed by atoms with E-state index >= 15 is 0 Å². The lowest BCUT2D eigenvalue weighted by Crippen LogP contribution is -2.14. The summed E-state index contributed by atoms with van der Waals surface area (Å²) in [5, 5.41) is 10.6. The first kappa shape index (κ1) is 13.4. The number of rotatable bonds is 3. The number of fused-ring (bicyclic) bond motifs is 1. The molecule has 0 aliphatic heterocycles. The van der Waals surface area contributed by atoms with Crippen molar-refractivity contribution in [2.24, 2.45) is 5.92 Å². The Balaban J connectivity index is 1.85. The maximum Gasteiger partial charge on any atom is 0.0995 e. The minimum absolute atomic E-state index is 0.382. The molecule has 102 valence electrons. The molecule has 0 bridgehead atoms. The SMILES string of the molecule is O[C@H](CC1CCCCC1)c1c(I)ccc2cncn12. The average molecular weight is 370 g/mol. The van der Waals surface area contributed by atoms with Crippen LogP contribution in [0.1, 0.15) is 50.3 Å². The minimum Gasteiger partial charge on any atom is -0.387 e. The fourth-order valence-electron chi connectivity index (χ4n) is 3.16. The lowest BCUT2D eigenvalue weighted by molar-refractivity contribution is 0.125. The van der Waals surface area contributed by atoms with E-state index in [-0.39, 0.29) is 6.10 Å². The summed E-state index contributed by atoms with van der Waals surface area (Å²) in [6.07, 6.45) is 10.7. The highest BCUT2D eigenvalue weighted by molar-refractivity contribution is 14.1. The number of aliphatic hydroxyl groups excluding tert-OH is 1. The lowest BCUT2D eigenvalue weighted by Gasteiger charge is -2.25. The highest BCUT2D eigenvalue weighted by Gasteiger charge is 2.21. The van der Waals surface area contributed by atoms with Gasteiger partial charge in [0.25, 0.3) is 0 Å². The van der Waals surface area contributed by atoms with Gasteiger partial charge in [-0.3, -0.25) is 4.40 Å². The highest BCUT2D eigenvalue weighted by Crippen LogP contribution is 2.33. The van der Waals surface area contributed by atoms with E-state index in [4.69, 9.17) is 0 Å². The van der Waals surface area contributed by atoms with Crippen molar-refractivity contribution in [3.05, 3.63) is 33.9 Å². The molecule has 4 heteroatoms. The summed E-state index contributed by atoms with van der Waals surface area (Å²) in [5.74, 6) is 0.679. The van der Waals surface area contributed by atoms with Gasteiger partial charge in [0, 0.05) is 3.57 Å². The average Bonchev–Trinajstić information content (AvgIpc) is 2.87. The van der Waals surface area contributed by atoms with E-state index in [1.54, 1.807) is 6.33 Å². The minimum atomic E-state index is -0.382. The van der Waals surface area contributed by atoms with Crippen LogP contribution in [0.3, 0.4) is 0 Å². The molecule has 1 saturated carbocycles. The van der Waals surface area contributed by atoms with Crippen molar-refractivity contribution in [3.8, 4) is 0 Å². The molecular formula is C15H19IN2O. The van der Waals surface area contributed by atoms with Crippen LogP contribution < -0.4 is 0 Å². The largest absolute Gasteiger partial charge is 0.387 e. The van der Waals surface area contributed by atoms with Crippen LogP contribution in [-0.4, -0.2) is 14.5 Å². The van der Waals surface area contributed by atoms with Gasteiger partial charge in [0.1, 0.15) is 0 Å². The second kappa shape index (κ2) is 5.79. The van der Waals surface area contributed by atoms with Gasteiger partial charge < -0.3 is 5.11 Å². The number of pyridine rings is 1. The molecule has 1 fully saturated rings. The van der Waals surface area contributed by atoms with Gasteiger partial charge in [-0.15, -0.1) is 0 Å². The molecule has 2 heterocycles. The van der Waals surface area contributed by atoms with Gasteiger partial charge in [0.15, 0.2) is 0 Å². The molecule has 1 aliphatic rings. The van der Waals surface area contributed by atoms with Crippen LogP contribution in [0.2, 0.25) is 0 Å². The van der Waals surface area contributed by atoms with Crippen molar-refractivity contribution in [3.63, 3.8) is 0 Å². The number of nitrogens with zero attached hydrogens (tertiary/aromatic N) is 2. The van der Waals surface area contributed by atoms with Crippen molar-refractivity contribution >= 4 is 28.1 Å². The van der Waals surface area contributed by atoms with E-state index in [1.165, 1.54) is 32.1 Å². The third kappa shape index (κ3) is 2.79. The molecule has 0 spiro atoms. The summed E-state index contributed by atoms with van der Waals surface area (Å²) >= 11 is 2.31. The van der Waals surface area contributed by atoms with Gasteiger partial charge in [-0.2, -0.15) is 0 Å². The van der Waals surface area contributed by atoms with Crippen LogP contribution in [-0.2, 0) is 0 Å². The number of aliphatic hydroxyl groups is 1. The van der Waals surface area contributed by atoms with Gasteiger partial charge in [0.05, 0.1) is 29.8 Å². The third-order valence-corrected chi connectivity index (χ3v) is 5.08. The van der Waals surface area contributed by atoms with Crippen LogP contribution in [0.15, 0.2) is 24.7 Å². The molecule has 1 aliphatic carbocycles.